The lowest BCUT2D eigenvalue weighted by molar-refractivity contribution is 0.160. The minimum atomic E-state index is -0.313. The van der Waals surface area contributed by atoms with Crippen molar-refractivity contribution in [3.8, 4) is 0 Å². The first-order valence-corrected chi connectivity index (χ1v) is 6.78. The Balaban J connectivity index is 3.18. The van der Waals surface area contributed by atoms with Crippen LogP contribution in [-0.2, 0) is 10.2 Å². The zero-order valence-electron chi connectivity index (χ0n) is 12.8. The molecule has 0 aliphatic rings. The van der Waals surface area contributed by atoms with Gasteiger partial charge in [-0.15, -0.1) is 0 Å². The fourth-order valence-corrected chi connectivity index (χ4v) is 1.87. The van der Waals surface area contributed by atoms with Gasteiger partial charge in [0.05, 0.1) is 12.3 Å². The van der Waals surface area contributed by atoms with E-state index in [-0.39, 0.29) is 11.5 Å². The van der Waals surface area contributed by atoms with Gasteiger partial charge in [0.2, 0.25) is 0 Å². The molecule has 0 spiro atoms. The normalized spacial score (nSPS) is 11.3. The van der Waals surface area contributed by atoms with Gasteiger partial charge in [0, 0.05) is 12.6 Å². The van der Waals surface area contributed by atoms with Crippen molar-refractivity contribution < 1.29 is 9.53 Å². The summed E-state index contributed by atoms with van der Waals surface area (Å²) in [6, 6.07) is 7.37. The average molecular weight is 262 g/mol. The third-order valence-electron chi connectivity index (χ3n) is 2.95. The summed E-state index contributed by atoms with van der Waals surface area (Å²) in [5.74, 6) is 0. The number of carbonyl (C=O) groups excluding carboxylic acids is 1. The summed E-state index contributed by atoms with van der Waals surface area (Å²) in [4.78, 5) is 13.5. The predicted octanol–water partition coefficient (Wildman–Crippen LogP) is 4.08. The Morgan fingerprint density at radius 3 is 2.42 bits per heavy atom. The number of hydrogen-bond donors (Lipinski definition) is 0. The fraction of sp³-hybridized carbons (Fsp3) is 0.562. The highest BCUT2D eigenvalue weighted by atomic mass is 16.6. The number of amides is 1. The number of anilines is 1. The summed E-state index contributed by atoms with van der Waals surface area (Å²) in [6.45, 7) is 13.2. The summed E-state index contributed by atoms with van der Waals surface area (Å²) in [5.41, 5.74) is 3.06. The molecule has 0 atom stereocenters. The number of carbonyl (C=O) groups is 1. The van der Waals surface area contributed by atoms with Crippen molar-refractivity contribution in [3.63, 3.8) is 0 Å². The Hall–Kier alpha value is -1.51. The molecule has 105 valence electrons. The first-order valence-electron chi connectivity index (χ1n) is 6.78. The van der Waals surface area contributed by atoms with E-state index in [1.165, 1.54) is 5.56 Å². The highest BCUT2D eigenvalue weighted by Crippen LogP contribution is 2.28. The average Bonchev–Trinajstić information content (AvgIpc) is 2.28. The van der Waals surface area contributed by atoms with E-state index >= 15 is 0 Å². The number of ether oxygens (including phenoxy) is 1. The summed E-state index contributed by atoms with van der Waals surface area (Å²) in [6.07, 6.45) is -0.313. The van der Waals surface area contributed by atoms with Gasteiger partial charge in [0.25, 0.3) is 0 Å². The van der Waals surface area contributed by atoms with Crippen LogP contribution in [0.3, 0.4) is 0 Å². The van der Waals surface area contributed by atoms with E-state index in [1.807, 2.05) is 26.8 Å². The molecule has 1 aromatic rings. The molecule has 0 saturated carbocycles. The van der Waals surface area contributed by atoms with Crippen LogP contribution in [0.25, 0.3) is 0 Å². The number of aryl methyl sites for hydroxylation is 1. The lowest BCUT2D eigenvalue weighted by Crippen LogP contribution is -2.31. The van der Waals surface area contributed by atoms with E-state index in [1.54, 1.807) is 4.90 Å². The summed E-state index contributed by atoms with van der Waals surface area (Å²) < 4.78 is 5.08. The number of hydrogen-bond acceptors (Lipinski definition) is 2. The van der Waals surface area contributed by atoms with E-state index in [2.05, 4.69) is 32.9 Å². The van der Waals surface area contributed by atoms with Crippen molar-refractivity contribution in [2.75, 3.05) is 18.1 Å². The van der Waals surface area contributed by atoms with Crippen LogP contribution in [0.1, 0.15) is 45.7 Å². The first kappa shape index (κ1) is 15.5. The van der Waals surface area contributed by atoms with Crippen LogP contribution in [0.5, 0.6) is 0 Å². The molecule has 1 rings (SSSR count). The second-order valence-corrected chi connectivity index (χ2v) is 5.63. The smallest absolute Gasteiger partial charge is 0.414 e. The molecule has 0 fully saturated rings. The van der Waals surface area contributed by atoms with Gasteiger partial charge >= 0.3 is 6.09 Å². The SMILES string of the molecule is CCOC(=O)N(CC)c1[c]c(C)cc(C(C)(C)C)c1. The third-order valence-corrected chi connectivity index (χ3v) is 2.95. The van der Waals surface area contributed by atoms with Crippen molar-refractivity contribution in [1.82, 2.24) is 0 Å². The van der Waals surface area contributed by atoms with Gasteiger partial charge in [0.1, 0.15) is 0 Å². The van der Waals surface area contributed by atoms with Crippen LogP contribution in [0.2, 0.25) is 0 Å². The largest absolute Gasteiger partial charge is 0.449 e. The fourth-order valence-electron chi connectivity index (χ4n) is 1.87. The topological polar surface area (TPSA) is 29.5 Å². The lowest BCUT2D eigenvalue weighted by Gasteiger charge is -2.25. The van der Waals surface area contributed by atoms with Crippen LogP contribution < -0.4 is 4.90 Å². The number of rotatable bonds is 3. The Bertz CT molecular complexity index is 447. The zero-order valence-corrected chi connectivity index (χ0v) is 12.8. The molecule has 0 bridgehead atoms. The number of nitrogens with zero attached hydrogens (tertiary/aromatic N) is 1. The second-order valence-electron chi connectivity index (χ2n) is 5.63. The maximum Gasteiger partial charge on any atom is 0.414 e. The molecule has 0 aromatic heterocycles. The molecule has 0 aliphatic heterocycles. The quantitative estimate of drug-likeness (QED) is 0.821. The molecule has 1 amide bonds. The summed E-state index contributed by atoms with van der Waals surface area (Å²) in [5, 5.41) is 0. The molecule has 3 nitrogen and oxygen atoms in total. The minimum Gasteiger partial charge on any atom is -0.449 e. The zero-order chi connectivity index (χ0) is 14.6. The number of benzene rings is 1. The molecule has 0 N–H and O–H groups in total. The molecular weight excluding hydrogens is 238 g/mol. The molecule has 3 heteroatoms. The lowest BCUT2D eigenvalue weighted by atomic mass is 9.86. The van der Waals surface area contributed by atoms with Gasteiger partial charge in [-0.2, -0.15) is 0 Å². The Morgan fingerprint density at radius 2 is 1.95 bits per heavy atom. The van der Waals surface area contributed by atoms with Gasteiger partial charge in [-0.3, -0.25) is 4.90 Å². The monoisotopic (exact) mass is 262 g/mol. The molecule has 1 aromatic carbocycles. The van der Waals surface area contributed by atoms with Crippen molar-refractivity contribution in [1.29, 1.82) is 0 Å². The first-order chi connectivity index (χ1) is 8.79. The van der Waals surface area contributed by atoms with Crippen molar-refractivity contribution >= 4 is 11.8 Å². The van der Waals surface area contributed by atoms with Gasteiger partial charge in [-0.05, 0) is 43.4 Å². The Kier molecular flexibility index (Phi) is 4.98. The van der Waals surface area contributed by atoms with Crippen molar-refractivity contribution in [2.24, 2.45) is 0 Å². The standard InChI is InChI=1S/C16H24NO2/c1-7-17(15(18)19-8-2)14-10-12(3)9-13(11-14)16(4,5)6/h9,11H,7-8H2,1-6H3. The Morgan fingerprint density at radius 1 is 1.32 bits per heavy atom. The van der Waals surface area contributed by atoms with Gasteiger partial charge in [0.15, 0.2) is 0 Å². The maximum absolute atomic E-state index is 11.9. The van der Waals surface area contributed by atoms with E-state index in [9.17, 15) is 4.79 Å². The van der Waals surface area contributed by atoms with Crippen LogP contribution in [0.4, 0.5) is 10.5 Å². The molecular formula is C16H24NO2. The minimum absolute atomic E-state index is 0.0443. The van der Waals surface area contributed by atoms with Crippen LogP contribution in [0, 0.1) is 13.0 Å². The summed E-state index contributed by atoms with van der Waals surface area (Å²) in [7, 11) is 0. The molecule has 0 heterocycles. The van der Waals surface area contributed by atoms with Gasteiger partial charge < -0.3 is 4.74 Å². The third kappa shape index (κ3) is 3.98. The van der Waals surface area contributed by atoms with E-state index in [4.69, 9.17) is 4.74 Å². The van der Waals surface area contributed by atoms with E-state index < -0.39 is 0 Å². The molecule has 0 saturated heterocycles. The van der Waals surface area contributed by atoms with E-state index in [0.717, 1.165) is 11.3 Å². The van der Waals surface area contributed by atoms with Crippen LogP contribution in [0.15, 0.2) is 12.1 Å². The molecule has 19 heavy (non-hydrogen) atoms. The Labute approximate surface area is 116 Å². The highest BCUT2D eigenvalue weighted by Gasteiger charge is 2.20. The molecule has 1 radical (unpaired) electrons. The van der Waals surface area contributed by atoms with Crippen molar-refractivity contribution in [2.45, 2.75) is 47.0 Å². The van der Waals surface area contributed by atoms with Crippen molar-refractivity contribution in [3.05, 3.63) is 29.3 Å². The highest BCUT2D eigenvalue weighted by molar-refractivity contribution is 5.87. The summed E-state index contributed by atoms with van der Waals surface area (Å²) >= 11 is 0. The van der Waals surface area contributed by atoms with Crippen LogP contribution in [-0.4, -0.2) is 19.2 Å². The van der Waals surface area contributed by atoms with Gasteiger partial charge in [-0.25, -0.2) is 4.79 Å². The van der Waals surface area contributed by atoms with E-state index in [0.29, 0.717) is 13.2 Å². The predicted molar refractivity (Wildman–Crippen MR) is 78.8 cm³/mol. The molecule has 0 aliphatic carbocycles. The maximum atomic E-state index is 11.9. The second kappa shape index (κ2) is 6.09. The van der Waals surface area contributed by atoms with Gasteiger partial charge in [-0.1, -0.05) is 26.8 Å². The van der Waals surface area contributed by atoms with Crippen LogP contribution >= 0.6 is 0 Å². The molecule has 0 unspecified atom stereocenters.